The summed E-state index contributed by atoms with van der Waals surface area (Å²) in [6, 6.07) is 20.2. The Kier molecular flexibility index (Phi) is 4.53. The van der Waals surface area contributed by atoms with Gasteiger partial charge in [-0.2, -0.15) is 0 Å². The van der Waals surface area contributed by atoms with Crippen molar-refractivity contribution in [2.75, 3.05) is 0 Å². The van der Waals surface area contributed by atoms with Gasteiger partial charge < -0.3 is 5.32 Å². The first-order valence-corrected chi connectivity index (χ1v) is 9.24. The van der Waals surface area contributed by atoms with Crippen LogP contribution in [-0.4, -0.2) is 16.9 Å². The van der Waals surface area contributed by atoms with Gasteiger partial charge in [0.05, 0.1) is 23.4 Å². The van der Waals surface area contributed by atoms with Crippen LogP contribution in [0.3, 0.4) is 0 Å². The van der Waals surface area contributed by atoms with E-state index in [1.165, 1.54) is 0 Å². The molecule has 0 aliphatic carbocycles. The smallest absolute Gasteiger partial charge is 0.224 e. The Morgan fingerprint density at radius 1 is 1.04 bits per heavy atom. The van der Waals surface area contributed by atoms with E-state index in [4.69, 9.17) is 0 Å². The summed E-state index contributed by atoms with van der Waals surface area (Å²) >= 11 is 1.70. The molecular formula is C21H18N2OS. The summed E-state index contributed by atoms with van der Waals surface area (Å²) in [4.78, 5) is 17.0. The van der Waals surface area contributed by atoms with E-state index in [1.54, 1.807) is 18.0 Å². The van der Waals surface area contributed by atoms with Crippen molar-refractivity contribution in [2.24, 2.45) is 0 Å². The molecule has 0 bridgehead atoms. The third-order valence-corrected chi connectivity index (χ3v) is 5.52. The maximum atomic E-state index is 12.6. The highest BCUT2D eigenvalue weighted by Crippen LogP contribution is 2.37. The summed E-state index contributed by atoms with van der Waals surface area (Å²) in [5, 5.41) is 7.63. The lowest BCUT2D eigenvalue weighted by Gasteiger charge is -2.19. The third-order valence-electron chi connectivity index (χ3n) is 4.38. The van der Waals surface area contributed by atoms with Gasteiger partial charge in [-0.05, 0) is 33.9 Å². The topological polar surface area (TPSA) is 42.0 Å². The quantitative estimate of drug-likeness (QED) is 0.767. The van der Waals surface area contributed by atoms with Gasteiger partial charge in [0, 0.05) is 6.20 Å². The maximum absolute atomic E-state index is 12.6. The number of amides is 1. The highest BCUT2D eigenvalue weighted by molar-refractivity contribution is 8.02. The van der Waals surface area contributed by atoms with Gasteiger partial charge >= 0.3 is 0 Å². The van der Waals surface area contributed by atoms with Crippen molar-refractivity contribution in [3.05, 3.63) is 89.6 Å². The number of nitrogens with one attached hydrogen (secondary N) is 1. The summed E-state index contributed by atoms with van der Waals surface area (Å²) in [6.45, 7) is 0. The lowest BCUT2D eigenvalue weighted by atomic mass is 10.0. The number of thioether (sulfide) groups is 1. The van der Waals surface area contributed by atoms with Gasteiger partial charge in [-0.1, -0.05) is 54.6 Å². The number of carbonyl (C=O) groups is 1. The van der Waals surface area contributed by atoms with Crippen LogP contribution < -0.4 is 5.32 Å². The molecule has 4 rings (SSSR count). The lowest BCUT2D eigenvalue weighted by Crippen LogP contribution is -2.36. The number of pyridine rings is 1. The maximum Gasteiger partial charge on any atom is 0.224 e. The van der Waals surface area contributed by atoms with Crippen LogP contribution in [-0.2, 0) is 11.2 Å². The normalized spacial score (nSPS) is 19.2. The van der Waals surface area contributed by atoms with Crippen molar-refractivity contribution in [1.82, 2.24) is 10.3 Å². The Labute approximate surface area is 151 Å². The fraction of sp³-hybridized carbons (Fsp3) is 0.143. The standard InChI is InChI=1S/C21H18N2OS/c24-20(14-16-8-5-7-15-6-1-2-9-17(15)16)23-19-11-13-25-21(19)18-10-3-4-12-22-18/h1-13,19,21H,14H2,(H,23,24). The van der Waals surface area contributed by atoms with Crippen molar-refractivity contribution in [1.29, 1.82) is 0 Å². The molecule has 124 valence electrons. The molecule has 4 heteroatoms. The number of hydrogen-bond acceptors (Lipinski definition) is 3. The highest BCUT2D eigenvalue weighted by atomic mass is 32.2. The van der Waals surface area contributed by atoms with E-state index in [1.807, 2.05) is 53.9 Å². The Morgan fingerprint density at radius 3 is 2.76 bits per heavy atom. The first kappa shape index (κ1) is 15.9. The average molecular weight is 346 g/mol. The second-order valence-electron chi connectivity index (χ2n) is 6.05. The molecule has 1 aliphatic heterocycles. The number of hydrogen-bond donors (Lipinski definition) is 1. The molecule has 1 amide bonds. The number of aromatic nitrogens is 1. The Morgan fingerprint density at radius 2 is 1.88 bits per heavy atom. The minimum absolute atomic E-state index is 0.0256. The van der Waals surface area contributed by atoms with Gasteiger partial charge in [-0.25, -0.2) is 0 Å². The molecule has 0 radical (unpaired) electrons. The number of rotatable bonds is 4. The van der Waals surface area contributed by atoms with Crippen LogP contribution in [0, 0.1) is 0 Å². The second kappa shape index (κ2) is 7.11. The summed E-state index contributed by atoms with van der Waals surface area (Å²) in [5.74, 6) is 0.0365. The van der Waals surface area contributed by atoms with Gasteiger partial charge in [0.25, 0.3) is 0 Å². The van der Waals surface area contributed by atoms with Crippen LogP contribution >= 0.6 is 11.8 Å². The molecular weight excluding hydrogens is 328 g/mol. The van der Waals surface area contributed by atoms with Crippen LogP contribution in [0.1, 0.15) is 16.5 Å². The molecule has 2 atom stereocenters. The molecule has 1 aromatic heterocycles. The molecule has 2 heterocycles. The Bertz CT molecular complexity index is 918. The van der Waals surface area contributed by atoms with Crippen molar-refractivity contribution < 1.29 is 4.79 Å². The fourth-order valence-electron chi connectivity index (χ4n) is 3.18. The van der Waals surface area contributed by atoms with E-state index in [-0.39, 0.29) is 17.2 Å². The summed E-state index contributed by atoms with van der Waals surface area (Å²) < 4.78 is 0. The number of carbonyl (C=O) groups excluding carboxylic acids is 1. The van der Waals surface area contributed by atoms with E-state index in [0.29, 0.717) is 6.42 Å². The van der Waals surface area contributed by atoms with Crippen LogP contribution in [0.25, 0.3) is 10.8 Å². The largest absolute Gasteiger partial charge is 0.348 e. The molecule has 2 unspecified atom stereocenters. The van der Waals surface area contributed by atoms with Crippen molar-refractivity contribution >= 4 is 28.4 Å². The van der Waals surface area contributed by atoms with Crippen molar-refractivity contribution in [3.63, 3.8) is 0 Å². The average Bonchev–Trinajstić information content (AvgIpc) is 3.11. The minimum Gasteiger partial charge on any atom is -0.348 e. The molecule has 3 nitrogen and oxygen atoms in total. The molecule has 0 fully saturated rings. The predicted octanol–water partition coefficient (Wildman–Crippen LogP) is 4.26. The van der Waals surface area contributed by atoms with Gasteiger partial charge in [0.2, 0.25) is 5.91 Å². The van der Waals surface area contributed by atoms with Gasteiger partial charge in [0.1, 0.15) is 0 Å². The number of nitrogens with zero attached hydrogens (tertiary/aromatic N) is 1. The van der Waals surface area contributed by atoms with Crippen molar-refractivity contribution in [3.8, 4) is 0 Å². The van der Waals surface area contributed by atoms with E-state index in [9.17, 15) is 4.79 Å². The molecule has 3 aromatic rings. The molecule has 0 saturated carbocycles. The second-order valence-corrected chi connectivity index (χ2v) is 7.10. The zero-order chi connectivity index (χ0) is 17.1. The zero-order valence-electron chi connectivity index (χ0n) is 13.6. The van der Waals surface area contributed by atoms with Crippen LogP contribution in [0.2, 0.25) is 0 Å². The zero-order valence-corrected chi connectivity index (χ0v) is 14.4. The number of benzene rings is 2. The van der Waals surface area contributed by atoms with Crippen LogP contribution in [0.4, 0.5) is 0 Å². The number of fused-ring (bicyclic) bond motifs is 1. The molecule has 25 heavy (non-hydrogen) atoms. The molecule has 2 aromatic carbocycles. The van der Waals surface area contributed by atoms with E-state index < -0.39 is 0 Å². The molecule has 0 spiro atoms. The highest BCUT2D eigenvalue weighted by Gasteiger charge is 2.27. The monoisotopic (exact) mass is 346 g/mol. The predicted molar refractivity (Wildman–Crippen MR) is 103 cm³/mol. The summed E-state index contributed by atoms with van der Waals surface area (Å²) in [5.41, 5.74) is 2.05. The van der Waals surface area contributed by atoms with Crippen molar-refractivity contribution in [2.45, 2.75) is 17.7 Å². The van der Waals surface area contributed by atoms with E-state index >= 15 is 0 Å². The Hall–Kier alpha value is -2.59. The Balaban J connectivity index is 1.49. The lowest BCUT2D eigenvalue weighted by molar-refractivity contribution is -0.120. The minimum atomic E-state index is -0.0256. The summed E-state index contributed by atoms with van der Waals surface area (Å²) in [7, 11) is 0. The van der Waals surface area contributed by atoms with E-state index in [2.05, 4.69) is 28.5 Å². The van der Waals surface area contributed by atoms with E-state index in [0.717, 1.165) is 22.0 Å². The molecule has 0 saturated heterocycles. The molecule has 1 aliphatic rings. The van der Waals surface area contributed by atoms with Gasteiger partial charge in [-0.3, -0.25) is 9.78 Å². The van der Waals surface area contributed by atoms with Gasteiger partial charge in [0.15, 0.2) is 0 Å². The first-order chi connectivity index (χ1) is 12.3. The molecule has 1 N–H and O–H groups in total. The SMILES string of the molecule is O=C(Cc1cccc2ccccc12)NC1C=CSC1c1ccccn1. The summed E-state index contributed by atoms with van der Waals surface area (Å²) in [6.07, 6.45) is 4.22. The van der Waals surface area contributed by atoms with Crippen LogP contribution in [0.5, 0.6) is 0 Å². The fourth-order valence-corrected chi connectivity index (χ4v) is 4.21. The van der Waals surface area contributed by atoms with Gasteiger partial charge in [-0.15, -0.1) is 11.8 Å². The third kappa shape index (κ3) is 3.44. The van der Waals surface area contributed by atoms with Crippen LogP contribution in [0.15, 0.2) is 78.3 Å². The first-order valence-electron chi connectivity index (χ1n) is 8.30.